The van der Waals surface area contributed by atoms with Crippen molar-refractivity contribution in [2.75, 3.05) is 6.54 Å². The van der Waals surface area contributed by atoms with Gasteiger partial charge in [0.15, 0.2) is 0 Å². The molecule has 0 saturated heterocycles. The van der Waals surface area contributed by atoms with E-state index in [-0.39, 0.29) is 0 Å². The first kappa shape index (κ1) is 12.4. The summed E-state index contributed by atoms with van der Waals surface area (Å²) in [6.07, 6.45) is 8.26. The first-order valence-corrected chi connectivity index (χ1v) is 7.07. The van der Waals surface area contributed by atoms with Gasteiger partial charge < -0.3 is 9.88 Å². The average molecular weight is 255 g/mol. The third kappa shape index (κ3) is 3.04. The van der Waals surface area contributed by atoms with Crippen molar-refractivity contribution in [3.8, 4) is 0 Å². The smallest absolute Gasteiger partial charge is 0.0946 e. The lowest BCUT2D eigenvalue weighted by Gasteiger charge is -2.36. The van der Waals surface area contributed by atoms with Gasteiger partial charge >= 0.3 is 0 Å². The van der Waals surface area contributed by atoms with E-state index in [1.54, 1.807) is 0 Å². The van der Waals surface area contributed by atoms with Gasteiger partial charge in [0.1, 0.15) is 0 Å². The van der Waals surface area contributed by atoms with E-state index in [0.717, 1.165) is 19.0 Å². The molecule has 0 amide bonds. The third-order valence-electron chi connectivity index (χ3n) is 4.01. The van der Waals surface area contributed by atoms with E-state index in [9.17, 15) is 0 Å². The molecule has 0 atom stereocenters. The van der Waals surface area contributed by atoms with Crippen molar-refractivity contribution in [1.29, 1.82) is 0 Å². The predicted molar refractivity (Wildman–Crippen MR) is 77.2 cm³/mol. The van der Waals surface area contributed by atoms with Crippen LogP contribution in [0.2, 0.25) is 0 Å². The van der Waals surface area contributed by atoms with Gasteiger partial charge in [0.2, 0.25) is 0 Å². The number of nitrogens with zero attached hydrogens (tertiary/aromatic N) is 2. The Kier molecular flexibility index (Phi) is 3.65. The Morgan fingerprint density at radius 3 is 3.00 bits per heavy atom. The van der Waals surface area contributed by atoms with Crippen molar-refractivity contribution < 1.29 is 0 Å². The van der Waals surface area contributed by atoms with Crippen molar-refractivity contribution >= 4 is 0 Å². The molecule has 1 saturated carbocycles. The molecule has 100 valence electrons. The Balaban J connectivity index is 1.41. The van der Waals surface area contributed by atoms with Crippen LogP contribution in [0.15, 0.2) is 43.0 Å². The lowest BCUT2D eigenvalue weighted by molar-refractivity contribution is 0.288. The zero-order valence-corrected chi connectivity index (χ0v) is 11.4. The predicted octanol–water partition coefficient (Wildman–Crippen LogP) is 2.73. The molecule has 1 aromatic carbocycles. The van der Waals surface area contributed by atoms with Gasteiger partial charge in [0.05, 0.1) is 6.33 Å². The number of aryl methyl sites for hydroxylation is 1. The average Bonchev–Trinajstić information content (AvgIpc) is 2.85. The summed E-state index contributed by atoms with van der Waals surface area (Å²) < 4.78 is 2.11. The zero-order chi connectivity index (χ0) is 13.1. The van der Waals surface area contributed by atoms with Gasteiger partial charge in [0, 0.05) is 31.5 Å². The Morgan fingerprint density at radius 2 is 2.26 bits per heavy atom. The van der Waals surface area contributed by atoms with E-state index < -0.39 is 0 Å². The summed E-state index contributed by atoms with van der Waals surface area (Å²) in [6.45, 7) is 4.20. The van der Waals surface area contributed by atoms with Crippen molar-refractivity contribution in [2.45, 2.75) is 38.3 Å². The number of aromatic nitrogens is 2. The minimum atomic E-state index is 0.689. The van der Waals surface area contributed by atoms with Crippen LogP contribution in [0.25, 0.3) is 0 Å². The van der Waals surface area contributed by atoms with Crippen LogP contribution in [0.1, 0.15) is 29.9 Å². The van der Waals surface area contributed by atoms with E-state index >= 15 is 0 Å². The van der Waals surface area contributed by atoms with Gasteiger partial charge in [0.25, 0.3) is 0 Å². The van der Waals surface area contributed by atoms with Gasteiger partial charge in [-0.1, -0.05) is 29.8 Å². The summed E-state index contributed by atoms with van der Waals surface area (Å²) in [6, 6.07) is 9.62. The summed E-state index contributed by atoms with van der Waals surface area (Å²) in [4.78, 5) is 4.05. The fraction of sp³-hybridized carbons (Fsp3) is 0.438. The second-order valence-corrected chi connectivity index (χ2v) is 5.53. The number of hydrogen-bond acceptors (Lipinski definition) is 2. The summed E-state index contributed by atoms with van der Waals surface area (Å²) in [5.41, 5.74) is 2.88. The molecule has 1 aliphatic rings. The van der Waals surface area contributed by atoms with E-state index in [4.69, 9.17) is 0 Å². The monoisotopic (exact) mass is 255 g/mol. The Hall–Kier alpha value is -1.61. The van der Waals surface area contributed by atoms with E-state index in [2.05, 4.69) is 46.1 Å². The molecule has 0 bridgehead atoms. The molecule has 0 aliphatic heterocycles. The summed E-state index contributed by atoms with van der Waals surface area (Å²) >= 11 is 0. The van der Waals surface area contributed by atoms with Crippen molar-refractivity contribution in [2.24, 2.45) is 0 Å². The van der Waals surface area contributed by atoms with E-state index in [1.807, 2.05) is 18.7 Å². The Labute approximate surface area is 114 Å². The lowest BCUT2D eigenvalue weighted by Crippen LogP contribution is -2.41. The minimum absolute atomic E-state index is 0.689. The quantitative estimate of drug-likeness (QED) is 0.890. The van der Waals surface area contributed by atoms with Gasteiger partial charge in [-0.3, -0.25) is 0 Å². The number of imidazole rings is 1. The molecular formula is C16H21N3. The highest BCUT2D eigenvalue weighted by atomic mass is 15.1. The summed E-state index contributed by atoms with van der Waals surface area (Å²) in [5.74, 6) is 0.755. The topological polar surface area (TPSA) is 29.9 Å². The molecule has 0 unspecified atom stereocenters. The highest BCUT2D eigenvalue weighted by Crippen LogP contribution is 2.36. The number of nitrogens with one attached hydrogen (secondary N) is 1. The SMILES string of the molecule is Cc1cccc(C2CC(NCCn3ccnc3)C2)c1. The van der Waals surface area contributed by atoms with Gasteiger partial charge in [-0.2, -0.15) is 0 Å². The standard InChI is InChI=1S/C16H21N3/c1-13-3-2-4-14(9-13)15-10-16(11-15)18-6-8-19-7-5-17-12-19/h2-5,7,9,12,15-16,18H,6,8,10-11H2,1H3. The van der Waals surface area contributed by atoms with Gasteiger partial charge in [-0.25, -0.2) is 4.98 Å². The van der Waals surface area contributed by atoms with Crippen LogP contribution in [0.4, 0.5) is 0 Å². The highest BCUT2D eigenvalue weighted by molar-refractivity contribution is 5.27. The van der Waals surface area contributed by atoms with Crippen LogP contribution < -0.4 is 5.32 Å². The van der Waals surface area contributed by atoms with Crippen molar-refractivity contribution in [3.63, 3.8) is 0 Å². The fourth-order valence-corrected chi connectivity index (χ4v) is 2.80. The van der Waals surface area contributed by atoms with E-state index in [0.29, 0.717) is 6.04 Å². The van der Waals surface area contributed by atoms with Crippen LogP contribution in [0, 0.1) is 6.92 Å². The zero-order valence-electron chi connectivity index (χ0n) is 11.4. The summed E-state index contributed by atoms with van der Waals surface area (Å²) in [7, 11) is 0. The first-order valence-electron chi connectivity index (χ1n) is 7.07. The Morgan fingerprint density at radius 1 is 1.37 bits per heavy atom. The van der Waals surface area contributed by atoms with Gasteiger partial charge in [-0.15, -0.1) is 0 Å². The van der Waals surface area contributed by atoms with Crippen LogP contribution in [0.3, 0.4) is 0 Å². The maximum absolute atomic E-state index is 4.05. The van der Waals surface area contributed by atoms with Crippen LogP contribution in [0.5, 0.6) is 0 Å². The molecular weight excluding hydrogens is 234 g/mol. The first-order chi connectivity index (χ1) is 9.31. The van der Waals surface area contributed by atoms with Crippen molar-refractivity contribution in [3.05, 3.63) is 54.1 Å². The molecule has 1 heterocycles. The van der Waals surface area contributed by atoms with Gasteiger partial charge in [-0.05, 0) is 31.2 Å². The number of hydrogen-bond donors (Lipinski definition) is 1. The molecule has 2 aromatic rings. The maximum atomic E-state index is 4.05. The Bertz CT molecular complexity index is 513. The summed E-state index contributed by atoms with van der Waals surface area (Å²) in [5, 5.41) is 3.62. The van der Waals surface area contributed by atoms with Crippen LogP contribution in [-0.4, -0.2) is 22.1 Å². The normalized spacial score (nSPS) is 22.2. The molecule has 1 aromatic heterocycles. The minimum Gasteiger partial charge on any atom is -0.336 e. The molecule has 1 N–H and O–H groups in total. The van der Waals surface area contributed by atoms with Crippen molar-refractivity contribution in [1.82, 2.24) is 14.9 Å². The fourth-order valence-electron chi connectivity index (χ4n) is 2.80. The largest absolute Gasteiger partial charge is 0.336 e. The molecule has 1 aliphatic carbocycles. The molecule has 1 fully saturated rings. The lowest BCUT2D eigenvalue weighted by atomic mass is 9.75. The third-order valence-corrected chi connectivity index (χ3v) is 4.01. The second-order valence-electron chi connectivity index (χ2n) is 5.53. The number of benzene rings is 1. The molecule has 3 heteroatoms. The molecule has 3 rings (SSSR count). The molecule has 0 spiro atoms. The second kappa shape index (κ2) is 5.57. The van der Waals surface area contributed by atoms with Crippen LogP contribution >= 0.6 is 0 Å². The van der Waals surface area contributed by atoms with E-state index in [1.165, 1.54) is 24.0 Å². The van der Waals surface area contributed by atoms with Crippen LogP contribution in [-0.2, 0) is 6.54 Å². The molecule has 19 heavy (non-hydrogen) atoms. The maximum Gasteiger partial charge on any atom is 0.0946 e. The highest BCUT2D eigenvalue weighted by Gasteiger charge is 2.29. The molecule has 3 nitrogen and oxygen atoms in total. The molecule has 0 radical (unpaired) electrons. The number of rotatable bonds is 5.